The van der Waals surface area contributed by atoms with Crippen LogP contribution in [0.2, 0.25) is 0 Å². The maximum atomic E-state index is 13.2. The summed E-state index contributed by atoms with van der Waals surface area (Å²) in [5, 5.41) is 2.28. The van der Waals surface area contributed by atoms with E-state index >= 15 is 0 Å². The predicted octanol–water partition coefficient (Wildman–Crippen LogP) is 4.36. The normalized spacial score (nSPS) is 12.5. The Morgan fingerprint density at radius 1 is 0.810 bits per heavy atom. The molecule has 0 aliphatic heterocycles. The van der Waals surface area contributed by atoms with E-state index in [1.165, 1.54) is 6.07 Å². The van der Waals surface area contributed by atoms with Gasteiger partial charge in [-0.05, 0) is 46.5 Å². The van der Waals surface area contributed by atoms with Crippen LogP contribution >= 0.6 is 0 Å². The molecular formula is C18H15F2N. The summed E-state index contributed by atoms with van der Waals surface area (Å²) in [6, 6.07) is 17.7. The van der Waals surface area contributed by atoms with Crippen molar-refractivity contribution in [1.29, 1.82) is 0 Å². The zero-order valence-electron chi connectivity index (χ0n) is 11.4. The highest BCUT2D eigenvalue weighted by Gasteiger charge is 2.10. The highest BCUT2D eigenvalue weighted by atomic mass is 19.2. The van der Waals surface area contributed by atoms with Gasteiger partial charge < -0.3 is 5.73 Å². The molecule has 0 saturated heterocycles. The maximum absolute atomic E-state index is 13.2. The summed E-state index contributed by atoms with van der Waals surface area (Å²) in [7, 11) is 0. The topological polar surface area (TPSA) is 26.0 Å². The number of halogens is 2. The molecule has 0 heterocycles. The number of benzene rings is 3. The SMILES string of the molecule is NC(Cc1ccc(F)c(F)c1)c1ccc2ccccc2c1. The smallest absolute Gasteiger partial charge is 0.159 e. The van der Waals surface area contributed by atoms with Crippen molar-refractivity contribution in [2.45, 2.75) is 12.5 Å². The number of fused-ring (bicyclic) bond motifs is 1. The first-order valence-electron chi connectivity index (χ1n) is 6.82. The van der Waals surface area contributed by atoms with Gasteiger partial charge in [0.05, 0.1) is 0 Å². The lowest BCUT2D eigenvalue weighted by Gasteiger charge is -2.13. The molecule has 0 radical (unpaired) electrons. The Balaban J connectivity index is 1.85. The molecule has 3 aromatic carbocycles. The van der Waals surface area contributed by atoms with Crippen molar-refractivity contribution in [3.05, 3.63) is 83.4 Å². The Morgan fingerprint density at radius 2 is 1.57 bits per heavy atom. The highest BCUT2D eigenvalue weighted by Crippen LogP contribution is 2.22. The van der Waals surface area contributed by atoms with Crippen molar-refractivity contribution in [2.75, 3.05) is 0 Å². The van der Waals surface area contributed by atoms with Crippen molar-refractivity contribution < 1.29 is 8.78 Å². The standard InChI is InChI=1S/C18H15F2N/c19-16-8-5-12(9-17(16)20)10-18(21)15-7-6-13-3-1-2-4-14(13)11-15/h1-9,11,18H,10,21H2. The molecule has 106 valence electrons. The Kier molecular flexibility index (Phi) is 3.67. The summed E-state index contributed by atoms with van der Waals surface area (Å²) in [5.41, 5.74) is 7.86. The van der Waals surface area contributed by atoms with Crippen molar-refractivity contribution >= 4 is 10.8 Å². The van der Waals surface area contributed by atoms with Crippen molar-refractivity contribution in [3.8, 4) is 0 Å². The summed E-state index contributed by atoms with van der Waals surface area (Å²) >= 11 is 0. The minimum Gasteiger partial charge on any atom is -0.324 e. The van der Waals surface area contributed by atoms with Gasteiger partial charge in [-0.1, -0.05) is 42.5 Å². The van der Waals surface area contributed by atoms with E-state index in [0.717, 1.165) is 22.4 Å². The van der Waals surface area contributed by atoms with E-state index in [1.54, 1.807) is 6.07 Å². The fraction of sp³-hybridized carbons (Fsp3) is 0.111. The lowest BCUT2D eigenvalue weighted by atomic mass is 9.97. The summed E-state index contributed by atoms with van der Waals surface area (Å²) in [6.45, 7) is 0. The van der Waals surface area contributed by atoms with E-state index in [2.05, 4.69) is 0 Å². The molecular weight excluding hydrogens is 268 g/mol. The van der Waals surface area contributed by atoms with Crippen LogP contribution in [0.3, 0.4) is 0 Å². The summed E-state index contributed by atoms with van der Waals surface area (Å²) in [5.74, 6) is -1.67. The molecule has 0 aliphatic rings. The van der Waals surface area contributed by atoms with Gasteiger partial charge in [0.25, 0.3) is 0 Å². The number of hydrogen-bond donors (Lipinski definition) is 1. The predicted molar refractivity (Wildman–Crippen MR) is 80.9 cm³/mol. The molecule has 0 aromatic heterocycles. The lowest BCUT2D eigenvalue weighted by molar-refractivity contribution is 0.506. The third-order valence-electron chi connectivity index (χ3n) is 3.64. The Bertz CT molecular complexity index is 783. The molecule has 1 nitrogen and oxygen atoms in total. The average molecular weight is 283 g/mol. The van der Waals surface area contributed by atoms with Crippen LogP contribution in [0.15, 0.2) is 60.7 Å². The van der Waals surface area contributed by atoms with Crippen LogP contribution in [0.25, 0.3) is 10.8 Å². The van der Waals surface area contributed by atoms with Crippen LogP contribution in [0.4, 0.5) is 8.78 Å². The minimum absolute atomic E-state index is 0.250. The molecule has 3 heteroatoms. The van der Waals surface area contributed by atoms with Gasteiger partial charge in [-0.2, -0.15) is 0 Å². The zero-order valence-corrected chi connectivity index (χ0v) is 11.4. The van der Waals surface area contributed by atoms with Crippen LogP contribution in [-0.2, 0) is 6.42 Å². The van der Waals surface area contributed by atoms with Gasteiger partial charge in [-0.25, -0.2) is 8.78 Å². The quantitative estimate of drug-likeness (QED) is 0.759. The number of hydrogen-bond acceptors (Lipinski definition) is 1. The third kappa shape index (κ3) is 2.93. The van der Waals surface area contributed by atoms with Gasteiger partial charge in [0, 0.05) is 6.04 Å². The molecule has 3 aromatic rings. The third-order valence-corrected chi connectivity index (χ3v) is 3.64. The van der Waals surface area contributed by atoms with Gasteiger partial charge in [0.1, 0.15) is 0 Å². The van der Waals surface area contributed by atoms with E-state index in [9.17, 15) is 8.78 Å². The summed E-state index contributed by atoms with van der Waals surface area (Å²) in [6.07, 6.45) is 0.468. The molecule has 0 aliphatic carbocycles. The first-order chi connectivity index (χ1) is 10.1. The van der Waals surface area contributed by atoms with Gasteiger partial charge in [-0.15, -0.1) is 0 Å². The zero-order chi connectivity index (χ0) is 14.8. The molecule has 0 saturated carbocycles. The van der Waals surface area contributed by atoms with Gasteiger partial charge >= 0.3 is 0 Å². The molecule has 0 fully saturated rings. The second-order valence-corrected chi connectivity index (χ2v) is 5.17. The highest BCUT2D eigenvalue weighted by molar-refractivity contribution is 5.83. The Morgan fingerprint density at radius 3 is 2.33 bits per heavy atom. The van der Waals surface area contributed by atoms with E-state index in [4.69, 9.17) is 5.73 Å². The Labute approximate surface area is 122 Å². The number of rotatable bonds is 3. The fourth-order valence-corrected chi connectivity index (χ4v) is 2.48. The maximum Gasteiger partial charge on any atom is 0.159 e. The van der Waals surface area contributed by atoms with Gasteiger partial charge in [0.15, 0.2) is 11.6 Å². The summed E-state index contributed by atoms with van der Waals surface area (Å²) in [4.78, 5) is 0. The molecule has 0 amide bonds. The van der Waals surface area contributed by atoms with Crippen molar-refractivity contribution in [1.82, 2.24) is 0 Å². The van der Waals surface area contributed by atoms with Crippen LogP contribution in [-0.4, -0.2) is 0 Å². The van der Waals surface area contributed by atoms with Gasteiger partial charge in [-0.3, -0.25) is 0 Å². The van der Waals surface area contributed by atoms with E-state index < -0.39 is 11.6 Å². The van der Waals surface area contributed by atoms with E-state index in [1.807, 2.05) is 42.5 Å². The first-order valence-corrected chi connectivity index (χ1v) is 6.82. The lowest BCUT2D eigenvalue weighted by Crippen LogP contribution is -2.13. The van der Waals surface area contributed by atoms with E-state index in [0.29, 0.717) is 12.0 Å². The monoisotopic (exact) mass is 283 g/mol. The first kappa shape index (κ1) is 13.7. The van der Waals surface area contributed by atoms with Crippen LogP contribution in [0.5, 0.6) is 0 Å². The fourth-order valence-electron chi connectivity index (χ4n) is 2.48. The molecule has 2 N–H and O–H groups in total. The molecule has 1 unspecified atom stereocenters. The molecule has 3 rings (SSSR count). The van der Waals surface area contributed by atoms with Crippen molar-refractivity contribution in [3.63, 3.8) is 0 Å². The Hall–Kier alpha value is -2.26. The second-order valence-electron chi connectivity index (χ2n) is 5.17. The van der Waals surface area contributed by atoms with Crippen LogP contribution in [0, 0.1) is 11.6 Å². The number of nitrogens with two attached hydrogens (primary N) is 1. The van der Waals surface area contributed by atoms with Crippen LogP contribution < -0.4 is 5.73 Å². The summed E-state index contributed by atoms with van der Waals surface area (Å²) < 4.78 is 26.2. The van der Waals surface area contributed by atoms with Gasteiger partial charge in [0.2, 0.25) is 0 Å². The molecule has 1 atom stereocenters. The largest absolute Gasteiger partial charge is 0.324 e. The molecule has 0 spiro atoms. The minimum atomic E-state index is -0.835. The van der Waals surface area contributed by atoms with E-state index in [-0.39, 0.29) is 6.04 Å². The second kappa shape index (κ2) is 5.62. The molecule has 21 heavy (non-hydrogen) atoms. The molecule has 0 bridgehead atoms. The van der Waals surface area contributed by atoms with Crippen molar-refractivity contribution in [2.24, 2.45) is 5.73 Å². The average Bonchev–Trinajstić information content (AvgIpc) is 2.50. The van der Waals surface area contributed by atoms with Crippen LogP contribution in [0.1, 0.15) is 17.2 Å².